The van der Waals surface area contributed by atoms with E-state index in [-0.39, 0.29) is 18.1 Å². The fourth-order valence-corrected chi connectivity index (χ4v) is 1.33. The molecule has 0 saturated carbocycles. The first kappa shape index (κ1) is 12.3. The van der Waals surface area contributed by atoms with E-state index in [9.17, 15) is 4.79 Å². The summed E-state index contributed by atoms with van der Waals surface area (Å²) < 4.78 is 15.1. The van der Waals surface area contributed by atoms with E-state index in [1.54, 1.807) is 13.0 Å². The van der Waals surface area contributed by atoms with Crippen molar-refractivity contribution >= 4 is 5.97 Å². The highest BCUT2D eigenvalue weighted by Crippen LogP contribution is 2.34. The minimum atomic E-state index is -1.06. The second-order valence-corrected chi connectivity index (χ2v) is 3.15. The Morgan fingerprint density at radius 2 is 2.00 bits per heavy atom. The van der Waals surface area contributed by atoms with Crippen LogP contribution in [0.1, 0.15) is 15.9 Å². The average molecular weight is 226 g/mol. The van der Waals surface area contributed by atoms with Crippen molar-refractivity contribution in [3.05, 3.63) is 23.3 Å². The molecule has 5 nitrogen and oxygen atoms in total. The fraction of sp³-hybridized carbons (Fsp3) is 0.364. The number of ether oxygens (including phenoxy) is 3. The van der Waals surface area contributed by atoms with Crippen molar-refractivity contribution in [3.8, 4) is 11.5 Å². The van der Waals surface area contributed by atoms with Gasteiger partial charge in [0.05, 0.1) is 7.11 Å². The summed E-state index contributed by atoms with van der Waals surface area (Å²) in [7, 11) is 2.89. The van der Waals surface area contributed by atoms with Crippen molar-refractivity contribution in [3.63, 3.8) is 0 Å². The molecule has 1 aromatic carbocycles. The maximum absolute atomic E-state index is 11.0. The van der Waals surface area contributed by atoms with Crippen LogP contribution < -0.4 is 9.47 Å². The monoisotopic (exact) mass is 226 g/mol. The zero-order valence-electron chi connectivity index (χ0n) is 9.44. The molecular weight excluding hydrogens is 212 g/mol. The Hall–Kier alpha value is -1.75. The predicted molar refractivity (Wildman–Crippen MR) is 57.2 cm³/mol. The summed E-state index contributed by atoms with van der Waals surface area (Å²) in [4.78, 5) is 11.0. The number of hydrogen-bond acceptors (Lipinski definition) is 4. The van der Waals surface area contributed by atoms with Gasteiger partial charge in [-0.1, -0.05) is 6.07 Å². The van der Waals surface area contributed by atoms with Crippen molar-refractivity contribution in [2.75, 3.05) is 21.0 Å². The van der Waals surface area contributed by atoms with Crippen LogP contribution in [0.2, 0.25) is 0 Å². The van der Waals surface area contributed by atoms with Crippen LogP contribution in [0.5, 0.6) is 11.5 Å². The molecule has 0 unspecified atom stereocenters. The zero-order chi connectivity index (χ0) is 12.1. The number of benzene rings is 1. The molecule has 88 valence electrons. The summed E-state index contributed by atoms with van der Waals surface area (Å²) in [5, 5.41) is 8.97. The maximum Gasteiger partial charge on any atom is 0.339 e. The molecule has 0 spiro atoms. The van der Waals surface area contributed by atoms with Crippen LogP contribution in [0.4, 0.5) is 0 Å². The van der Waals surface area contributed by atoms with Crippen LogP contribution in [0.25, 0.3) is 0 Å². The van der Waals surface area contributed by atoms with Crippen molar-refractivity contribution < 1.29 is 24.1 Å². The van der Waals surface area contributed by atoms with Gasteiger partial charge < -0.3 is 19.3 Å². The highest BCUT2D eigenvalue weighted by Gasteiger charge is 2.18. The second kappa shape index (κ2) is 5.37. The third-order valence-corrected chi connectivity index (χ3v) is 2.06. The number of hydrogen-bond donors (Lipinski definition) is 1. The number of methoxy groups -OCH3 is 2. The fourth-order valence-electron chi connectivity index (χ4n) is 1.33. The van der Waals surface area contributed by atoms with Gasteiger partial charge in [-0.05, 0) is 18.6 Å². The van der Waals surface area contributed by atoms with Crippen LogP contribution in [0.15, 0.2) is 12.1 Å². The Morgan fingerprint density at radius 3 is 2.50 bits per heavy atom. The van der Waals surface area contributed by atoms with E-state index in [0.717, 1.165) is 5.56 Å². The summed E-state index contributed by atoms with van der Waals surface area (Å²) >= 11 is 0. The Balaban J connectivity index is 3.21. The van der Waals surface area contributed by atoms with E-state index in [4.69, 9.17) is 19.3 Å². The van der Waals surface area contributed by atoms with Gasteiger partial charge in [0.15, 0.2) is 18.3 Å². The van der Waals surface area contributed by atoms with Crippen molar-refractivity contribution in [1.29, 1.82) is 0 Å². The Labute approximate surface area is 93.6 Å². The Kier molecular flexibility index (Phi) is 4.13. The van der Waals surface area contributed by atoms with E-state index >= 15 is 0 Å². The molecule has 0 fully saturated rings. The molecule has 1 aromatic rings. The second-order valence-electron chi connectivity index (χ2n) is 3.15. The first-order chi connectivity index (χ1) is 7.61. The number of carboxylic acids is 1. The predicted octanol–water partition coefficient (Wildman–Crippen LogP) is 1.68. The summed E-state index contributed by atoms with van der Waals surface area (Å²) in [6.45, 7) is 1.85. The number of rotatable bonds is 5. The molecule has 0 bridgehead atoms. The van der Waals surface area contributed by atoms with E-state index in [2.05, 4.69) is 0 Å². The summed E-state index contributed by atoms with van der Waals surface area (Å²) in [6, 6.07) is 3.15. The third kappa shape index (κ3) is 2.43. The molecule has 0 aliphatic carbocycles. The lowest BCUT2D eigenvalue weighted by molar-refractivity contribution is 0.0480. The van der Waals surface area contributed by atoms with Gasteiger partial charge in [-0.3, -0.25) is 0 Å². The molecule has 0 aromatic heterocycles. The van der Waals surface area contributed by atoms with Crippen molar-refractivity contribution in [1.82, 2.24) is 0 Å². The van der Waals surface area contributed by atoms with Crippen LogP contribution in [-0.4, -0.2) is 32.1 Å². The van der Waals surface area contributed by atoms with Gasteiger partial charge in [0.2, 0.25) is 0 Å². The molecular formula is C11H14O5. The number of carbonyl (C=O) groups is 1. The van der Waals surface area contributed by atoms with Crippen LogP contribution in [0, 0.1) is 6.92 Å². The summed E-state index contributed by atoms with van der Waals surface area (Å²) in [5.74, 6) is -0.451. The first-order valence-corrected chi connectivity index (χ1v) is 4.64. The van der Waals surface area contributed by atoms with E-state index < -0.39 is 5.97 Å². The quantitative estimate of drug-likeness (QED) is 0.774. The molecule has 0 aliphatic rings. The maximum atomic E-state index is 11.0. The lowest BCUT2D eigenvalue weighted by atomic mass is 10.1. The molecule has 5 heteroatoms. The number of aryl methyl sites for hydroxylation is 1. The normalized spacial score (nSPS) is 9.94. The van der Waals surface area contributed by atoms with Crippen molar-refractivity contribution in [2.45, 2.75) is 6.92 Å². The molecule has 1 N–H and O–H groups in total. The highest BCUT2D eigenvalue weighted by molar-refractivity contribution is 5.92. The van der Waals surface area contributed by atoms with Gasteiger partial charge >= 0.3 is 5.97 Å². The molecule has 16 heavy (non-hydrogen) atoms. The molecule has 0 aliphatic heterocycles. The van der Waals surface area contributed by atoms with Crippen molar-refractivity contribution in [2.24, 2.45) is 0 Å². The molecule has 0 heterocycles. The van der Waals surface area contributed by atoms with Gasteiger partial charge in [0, 0.05) is 7.11 Å². The number of aromatic carboxylic acids is 1. The lowest BCUT2D eigenvalue weighted by Gasteiger charge is -2.14. The van der Waals surface area contributed by atoms with Crippen LogP contribution in [0.3, 0.4) is 0 Å². The number of carboxylic acid groups (broad SMARTS) is 1. The van der Waals surface area contributed by atoms with E-state index in [1.165, 1.54) is 20.3 Å². The van der Waals surface area contributed by atoms with Gasteiger partial charge in [0.25, 0.3) is 0 Å². The molecule has 0 saturated heterocycles. The minimum Gasteiger partial charge on any atom is -0.492 e. The minimum absolute atomic E-state index is 0.0419. The standard InChI is InChI=1S/C11H14O5/c1-7-4-5-8(11(12)13)10(15-3)9(7)16-6-14-2/h4-5H,6H2,1-3H3,(H,12,13). The van der Waals surface area contributed by atoms with E-state index in [1.807, 2.05) is 0 Å². The van der Waals surface area contributed by atoms with Gasteiger partial charge in [-0.25, -0.2) is 4.79 Å². The van der Waals surface area contributed by atoms with Crippen LogP contribution >= 0.6 is 0 Å². The molecule has 0 radical (unpaired) electrons. The largest absolute Gasteiger partial charge is 0.492 e. The Morgan fingerprint density at radius 1 is 1.31 bits per heavy atom. The summed E-state index contributed by atoms with van der Waals surface area (Å²) in [6.07, 6.45) is 0. The zero-order valence-corrected chi connectivity index (χ0v) is 9.44. The Bertz CT molecular complexity index is 386. The summed E-state index contributed by atoms with van der Waals surface area (Å²) in [5.41, 5.74) is 0.859. The molecule has 0 atom stereocenters. The third-order valence-electron chi connectivity index (χ3n) is 2.06. The van der Waals surface area contributed by atoms with Gasteiger partial charge in [-0.2, -0.15) is 0 Å². The van der Waals surface area contributed by atoms with E-state index in [0.29, 0.717) is 5.75 Å². The molecule has 1 rings (SSSR count). The SMILES string of the molecule is COCOc1c(C)ccc(C(=O)O)c1OC. The first-order valence-electron chi connectivity index (χ1n) is 4.64. The van der Waals surface area contributed by atoms with Crippen LogP contribution in [-0.2, 0) is 4.74 Å². The smallest absolute Gasteiger partial charge is 0.339 e. The van der Waals surface area contributed by atoms with Gasteiger partial charge in [-0.15, -0.1) is 0 Å². The van der Waals surface area contributed by atoms with Gasteiger partial charge in [0.1, 0.15) is 5.56 Å². The lowest BCUT2D eigenvalue weighted by Crippen LogP contribution is -2.06. The average Bonchev–Trinajstić information content (AvgIpc) is 2.26. The topological polar surface area (TPSA) is 65.0 Å². The molecule has 0 amide bonds. The highest BCUT2D eigenvalue weighted by atomic mass is 16.7.